The van der Waals surface area contributed by atoms with Crippen LogP contribution in [0.25, 0.3) is 0 Å². The predicted molar refractivity (Wildman–Crippen MR) is 67.2 cm³/mol. The largest absolute Gasteiger partial charge is 0.375 e. The van der Waals surface area contributed by atoms with Crippen molar-refractivity contribution in [1.82, 2.24) is 10.1 Å². The minimum atomic E-state index is -2.47. The summed E-state index contributed by atoms with van der Waals surface area (Å²) in [5.74, 6) is 0.901. The van der Waals surface area contributed by atoms with Crippen LogP contribution in [0.1, 0.15) is 38.4 Å². The smallest absolute Gasteiger partial charge is 0.261 e. The van der Waals surface area contributed by atoms with E-state index in [-0.39, 0.29) is 12.0 Å². The zero-order valence-corrected chi connectivity index (χ0v) is 11.7. The highest BCUT2D eigenvalue weighted by Crippen LogP contribution is 2.29. The number of halogens is 2. The van der Waals surface area contributed by atoms with Crippen molar-refractivity contribution in [3.63, 3.8) is 0 Å². The summed E-state index contributed by atoms with van der Waals surface area (Å²) in [5.41, 5.74) is -0.190. The standard InChI is InChI=1S/C13H19F2N3O2/c1-3-13(2,5-6-16)8-12-17-11(18-20-12)4-7-19-9-10(14)15/h10H,3-5,7-9H2,1-2H3. The van der Waals surface area contributed by atoms with E-state index in [0.717, 1.165) is 6.42 Å². The van der Waals surface area contributed by atoms with Crippen molar-refractivity contribution in [2.45, 2.75) is 46.0 Å². The van der Waals surface area contributed by atoms with E-state index < -0.39 is 13.0 Å². The van der Waals surface area contributed by atoms with Gasteiger partial charge in [-0.2, -0.15) is 10.2 Å². The van der Waals surface area contributed by atoms with Gasteiger partial charge in [0.05, 0.1) is 12.7 Å². The first kappa shape index (κ1) is 16.5. The van der Waals surface area contributed by atoms with Gasteiger partial charge in [0.1, 0.15) is 6.61 Å². The number of ether oxygens (including phenoxy) is 1. The summed E-state index contributed by atoms with van der Waals surface area (Å²) in [6, 6.07) is 2.16. The highest BCUT2D eigenvalue weighted by atomic mass is 19.3. The van der Waals surface area contributed by atoms with Crippen molar-refractivity contribution in [2.24, 2.45) is 5.41 Å². The van der Waals surface area contributed by atoms with Crippen molar-refractivity contribution >= 4 is 0 Å². The average molecular weight is 287 g/mol. The normalized spacial score (nSPS) is 14.2. The molecule has 1 heterocycles. The zero-order valence-electron chi connectivity index (χ0n) is 11.7. The van der Waals surface area contributed by atoms with Gasteiger partial charge in [-0.05, 0) is 11.8 Å². The molecule has 7 heteroatoms. The molecule has 1 aromatic rings. The Bertz CT molecular complexity index is 445. The van der Waals surface area contributed by atoms with Crippen LogP contribution in [-0.4, -0.2) is 29.8 Å². The van der Waals surface area contributed by atoms with E-state index in [4.69, 9.17) is 14.5 Å². The number of nitriles is 1. The molecular formula is C13H19F2N3O2. The Balaban J connectivity index is 2.45. The minimum Gasteiger partial charge on any atom is -0.375 e. The molecule has 0 aliphatic rings. The Hall–Kier alpha value is -1.55. The van der Waals surface area contributed by atoms with Crippen LogP contribution in [0.5, 0.6) is 0 Å². The molecule has 1 rings (SSSR count). The van der Waals surface area contributed by atoms with E-state index in [2.05, 4.69) is 16.2 Å². The molecule has 20 heavy (non-hydrogen) atoms. The molecule has 0 aromatic carbocycles. The first-order valence-electron chi connectivity index (χ1n) is 6.53. The van der Waals surface area contributed by atoms with E-state index in [9.17, 15) is 8.78 Å². The summed E-state index contributed by atoms with van der Waals surface area (Å²) in [5, 5.41) is 12.6. The molecule has 0 saturated heterocycles. The van der Waals surface area contributed by atoms with Gasteiger partial charge in [-0.25, -0.2) is 8.78 Å². The quantitative estimate of drug-likeness (QED) is 0.653. The number of alkyl halides is 2. The van der Waals surface area contributed by atoms with E-state index in [1.807, 2.05) is 13.8 Å². The van der Waals surface area contributed by atoms with Crippen LogP contribution < -0.4 is 0 Å². The lowest BCUT2D eigenvalue weighted by atomic mass is 9.81. The molecule has 0 spiro atoms. The number of nitrogens with zero attached hydrogens (tertiary/aromatic N) is 3. The highest BCUT2D eigenvalue weighted by molar-refractivity contribution is 4.94. The fourth-order valence-electron chi connectivity index (χ4n) is 1.67. The molecule has 0 N–H and O–H groups in total. The molecule has 0 bridgehead atoms. The minimum absolute atomic E-state index is 0.132. The average Bonchev–Trinajstić information content (AvgIpc) is 2.82. The number of rotatable bonds is 9. The zero-order chi connectivity index (χ0) is 15.0. The maximum Gasteiger partial charge on any atom is 0.261 e. The second kappa shape index (κ2) is 7.90. The Morgan fingerprint density at radius 1 is 1.50 bits per heavy atom. The summed E-state index contributed by atoms with van der Waals surface area (Å²) < 4.78 is 33.6. The van der Waals surface area contributed by atoms with Gasteiger partial charge in [0.15, 0.2) is 5.82 Å². The van der Waals surface area contributed by atoms with Crippen molar-refractivity contribution in [3.8, 4) is 6.07 Å². The molecule has 0 aliphatic carbocycles. The second-order valence-electron chi connectivity index (χ2n) is 5.00. The molecule has 5 nitrogen and oxygen atoms in total. The van der Waals surface area contributed by atoms with Crippen molar-refractivity contribution in [1.29, 1.82) is 5.26 Å². The monoisotopic (exact) mass is 287 g/mol. The van der Waals surface area contributed by atoms with Crippen LogP contribution in [-0.2, 0) is 17.6 Å². The SMILES string of the molecule is CCC(C)(CC#N)Cc1nc(CCOCC(F)F)no1. The maximum absolute atomic E-state index is 11.9. The lowest BCUT2D eigenvalue weighted by Gasteiger charge is -2.22. The van der Waals surface area contributed by atoms with Gasteiger partial charge in [-0.15, -0.1) is 0 Å². The summed E-state index contributed by atoms with van der Waals surface area (Å²) in [4.78, 5) is 4.19. The molecule has 0 radical (unpaired) electrons. The van der Waals surface area contributed by atoms with Gasteiger partial charge in [0.25, 0.3) is 6.43 Å². The third kappa shape index (κ3) is 5.61. The molecule has 0 amide bonds. The second-order valence-corrected chi connectivity index (χ2v) is 5.00. The van der Waals surface area contributed by atoms with Gasteiger partial charge < -0.3 is 9.26 Å². The van der Waals surface area contributed by atoms with Gasteiger partial charge in [-0.3, -0.25) is 0 Å². The number of aromatic nitrogens is 2. The third-order valence-corrected chi connectivity index (χ3v) is 3.16. The van der Waals surface area contributed by atoms with Crippen LogP contribution >= 0.6 is 0 Å². The molecule has 0 saturated carbocycles. The molecule has 1 aromatic heterocycles. The fourth-order valence-corrected chi connectivity index (χ4v) is 1.67. The van der Waals surface area contributed by atoms with Crippen LogP contribution in [0, 0.1) is 16.7 Å². The third-order valence-electron chi connectivity index (χ3n) is 3.16. The van der Waals surface area contributed by atoms with Crippen molar-refractivity contribution < 1.29 is 18.0 Å². The molecule has 112 valence electrons. The Morgan fingerprint density at radius 3 is 2.85 bits per heavy atom. The summed E-state index contributed by atoms with van der Waals surface area (Å²) in [6.07, 6.45) is -0.361. The molecule has 0 aliphatic heterocycles. The lowest BCUT2D eigenvalue weighted by molar-refractivity contribution is 0.0182. The topological polar surface area (TPSA) is 71.9 Å². The summed E-state index contributed by atoms with van der Waals surface area (Å²) >= 11 is 0. The van der Waals surface area contributed by atoms with Crippen molar-refractivity contribution in [3.05, 3.63) is 11.7 Å². The van der Waals surface area contributed by atoms with Crippen LogP contribution in [0.4, 0.5) is 8.78 Å². The summed E-state index contributed by atoms with van der Waals surface area (Å²) in [6.45, 7) is 3.55. The van der Waals surface area contributed by atoms with E-state index in [1.54, 1.807) is 0 Å². The molecule has 1 unspecified atom stereocenters. The van der Waals surface area contributed by atoms with Gasteiger partial charge in [0, 0.05) is 19.3 Å². The van der Waals surface area contributed by atoms with Crippen LogP contribution in [0.15, 0.2) is 4.52 Å². The number of hydrogen-bond acceptors (Lipinski definition) is 5. The van der Waals surface area contributed by atoms with E-state index in [0.29, 0.717) is 31.0 Å². The molecule has 0 fully saturated rings. The van der Waals surface area contributed by atoms with E-state index in [1.165, 1.54) is 0 Å². The van der Waals surface area contributed by atoms with E-state index >= 15 is 0 Å². The lowest BCUT2D eigenvalue weighted by Crippen LogP contribution is -2.18. The predicted octanol–water partition coefficient (Wildman–Crippen LogP) is 2.77. The maximum atomic E-state index is 11.9. The van der Waals surface area contributed by atoms with Crippen molar-refractivity contribution in [2.75, 3.05) is 13.2 Å². The number of hydrogen-bond donors (Lipinski definition) is 0. The first-order valence-corrected chi connectivity index (χ1v) is 6.53. The first-order chi connectivity index (χ1) is 9.49. The molecular weight excluding hydrogens is 268 g/mol. The van der Waals surface area contributed by atoms with Crippen LogP contribution in [0.2, 0.25) is 0 Å². The van der Waals surface area contributed by atoms with Gasteiger partial charge in [-0.1, -0.05) is 19.0 Å². The Kier molecular flexibility index (Phi) is 6.52. The van der Waals surface area contributed by atoms with Crippen LogP contribution in [0.3, 0.4) is 0 Å². The molecule has 1 atom stereocenters. The highest BCUT2D eigenvalue weighted by Gasteiger charge is 2.25. The van der Waals surface area contributed by atoms with Gasteiger partial charge in [0.2, 0.25) is 5.89 Å². The summed E-state index contributed by atoms with van der Waals surface area (Å²) in [7, 11) is 0. The Morgan fingerprint density at radius 2 is 2.25 bits per heavy atom. The Labute approximate surface area is 116 Å². The fraction of sp³-hybridized carbons (Fsp3) is 0.769. The van der Waals surface area contributed by atoms with Gasteiger partial charge >= 0.3 is 0 Å².